The molecule has 0 bridgehead atoms. The second kappa shape index (κ2) is 9.16. The van der Waals surface area contributed by atoms with Gasteiger partial charge < -0.3 is 10.0 Å². The van der Waals surface area contributed by atoms with Crippen LogP contribution in [0.2, 0.25) is 0 Å². The maximum absolute atomic E-state index is 13.6. The van der Waals surface area contributed by atoms with Gasteiger partial charge in [-0.3, -0.25) is 14.5 Å². The number of rotatable bonds is 4. The minimum absolute atomic E-state index is 0.0726. The quantitative estimate of drug-likeness (QED) is 0.200. The Kier molecular flexibility index (Phi) is 6.12. The van der Waals surface area contributed by atoms with E-state index in [0.717, 1.165) is 43.7 Å². The molecule has 1 aromatic heterocycles. The molecule has 4 aromatic rings. The Morgan fingerprint density at radius 2 is 1.62 bits per heavy atom. The second-order valence-corrected chi connectivity index (χ2v) is 10.9. The first kappa shape index (κ1) is 24.7. The van der Waals surface area contributed by atoms with Crippen molar-refractivity contribution in [2.45, 2.75) is 33.7 Å². The van der Waals surface area contributed by atoms with Crippen LogP contribution in [0.15, 0.2) is 60.2 Å². The van der Waals surface area contributed by atoms with Crippen LogP contribution in [0.3, 0.4) is 0 Å². The highest BCUT2D eigenvalue weighted by molar-refractivity contribution is 7.22. The minimum atomic E-state index is -0.807. The van der Waals surface area contributed by atoms with Crippen LogP contribution < -0.4 is 9.80 Å². The number of Topliss-reactive ketones (excluding diaryl/α,β-unsaturated/α-hetero) is 1. The molecule has 37 heavy (non-hydrogen) atoms. The van der Waals surface area contributed by atoms with Crippen LogP contribution in [-0.2, 0) is 9.59 Å². The third-order valence-electron chi connectivity index (χ3n) is 6.84. The molecule has 0 spiro atoms. The molecule has 1 aliphatic heterocycles. The van der Waals surface area contributed by atoms with E-state index in [2.05, 4.69) is 6.07 Å². The summed E-state index contributed by atoms with van der Waals surface area (Å²) < 4.78 is 0.950. The van der Waals surface area contributed by atoms with Crippen LogP contribution >= 0.6 is 11.3 Å². The van der Waals surface area contributed by atoms with E-state index >= 15 is 0 Å². The Balaban J connectivity index is 1.76. The molecule has 2 heterocycles. The second-order valence-electron chi connectivity index (χ2n) is 9.90. The van der Waals surface area contributed by atoms with E-state index in [9.17, 15) is 14.7 Å². The number of fused-ring (bicyclic) bond motifs is 1. The molecule has 188 valence electrons. The lowest BCUT2D eigenvalue weighted by Gasteiger charge is -2.24. The lowest BCUT2D eigenvalue weighted by atomic mass is 9.93. The molecule has 3 aromatic carbocycles. The fraction of sp³-hybridized carbons (Fsp3) is 0.233. The van der Waals surface area contributed by atoms with Crippen molar-refractivity contribution in [3.05, 3.63) is 93.6 Å². The van der Waals surface area contributed by atoms with Crippen molar-refractivity contribution >= 4 is 49.8 Å². The molecule has 1 unspecified atom stereocenters. The van der Waals surface area contributed by atoms with Crippen molar-refractivity contribution in [2.24, 2.45) is 0 Å². The van der Waals surface area contributed by atoms with Crippen LogP contribution in [-0.4, -0.2) is 35.9 Å². The Morgan fingerprint density at radius 3 is 2.30 bits per heavy atom. The normalized spacial score (nSPS) is 17.1. The summed E-state index contributed by atoms with van der Waals surface area (Å²) >= 11 is 1.38. The number of aryl methyl sites for hydroxylation is 4. The summed E-state index contributed by atoms with van der Waals surface area (Å²) in [4.78, 5) is 35.4. The van der Waals surface area contributed by atoms with E-state index in [1.807, 2.05) is 95.2 Å². The monoisotopic (exact) mass is 511 g/mol. The molecule has 7 heteroatoms. The highest BCUT2D eigenvalue weighted by atomic mass is 32.1. The Morgan fingerprint density at radius 1 is 0.919 bits per heavy atom. The van der Waals surface area contributed by atoms with Gasteiger partial charge in [-0.05, 0) is 74.2 Å². The zero-order valence-electron chi connectivity index (χ0n) is 21.8. The lowest BCUT2D eigenvalue weighted by molar-refractivity contribution is -0.132. The summed E-state index contributed by atoms with van der Waals surface area (Å²) in [5, 5.41) is 12.0. The number of nitrogens with zero attached hydrogens (tertiary/aromatic N) is 3. The van der Waals surface area contributed by atoms with E-state index in [-0.39, 0.29) is 11.3 Å². The molecular weight excluding hydrogens is 482 g/mol. The predicted molar refractivity (Wildman–Crippen MR) is 151 cm³/mol. The Labute approximate surface area is 220 Å². The van der Waals surface area contributed by atoms with Crippen LogP contribution in [0.4, 0.5) is 10.8 Å². The molecular formula is C30H29N3O3S. The van der Waals surface area contributed by atoms with Crippen LogP contribution in [0, 0.1) is 27.7 Å². The number of carbonyl (C=O) groups excluding carboxylic acids is 2. The van der Waals surface area contributed by atoms with E-state index < -0.39 is 17.7 Å². The van der Waals surface area contributed by atoms with E-state index in [1.54, 1.807) is 0 Å². The average Bonchev–Trinajstić information content (AvgIpc) is 3.39. The number of hydrogen-bond acceptors (Lipinski definition) is 6. The molecule has 6 nitrogen and oxygen atoms in total. The van der Waals surface area contributed by atoms with Gasteiger partial charge in [-0.15, -0.1) is 0 Å². The molecule has 0 saturated carbocycles. The van der Waals surface area contributed by atoms with Gasteiger partial charge >= 0.3 is 5.91 Å². The number of aliphatic hydroxyl groups is 1. The van der Waals surface area contributed by atoms with Crippen LogP contribution in [0.5, 0.6) is 0 Å². The summed E-state index contributed by atoms with van der Waals surface area (Å²) in [6.07, 6.45) is 0. The average molecular weight is 512 g/mol. The molecule has 1 fully saturated rings. The molecule has 5 rings (SSSR count). The summed E-state index contributed by atoms with van der Waals surface area (Å²) in [6.45, 7) is 7.82. The molecule has 0 aliphatic carbocycles. The third kappa shape index (κ3) is 4.19. The molecule has 1 aliphatic rings. The number of ketones is 1. The third-order valence-corrected chi connectivity index (χ3v) is 7.84. The summed E-state index contributed by atoms with van der Waals surface area (Å²) in [5.74, 6) is -1.58. The number of hydrogen-bond donors (Lipinski definition) is 1. The Hall–Kier alpha value is -3.97. The van der Waals surface area contributed by atoms with Crippen molar-refractivity contribution in [2.75, 3.05) is 23.9 Å². The molecule has 1 saturated heterocycles. The topological polar surface area (TPSA) is 73.7 Å². The van der Waals surface area contributed by atoms with E-state index in [1.165, 1.54) is 16.2 Å². The molecule has 1 atom stereocenters. The van der Waals surface area contributed by atoms with Gasteiger partial charge in [0.25, 0.3) is 5.78 Å². The summed E-state index contributed by atoms with van der Waals surface area (Å²) in [7, 11) is 3.90. The number of aromatic nitrogens is 1. The first-order valence-electron chi connectivity index (χ1n) is 12.1. The number of aliphatic hydroxyl groups excluding tert-OH is 1. The number of anilines is 2. The van der Waals surface area contributed by atoms with Gasteiger partial charge in [0.05, 0.1) is 21.8 Å². The van der Waals surface area contributed by atoms with Gasteiger partial charge in [-0.2, -0.15) is 0 Å². The fourth-order valence-electron chi connectivity index (χ4n) is 4.90. The van der Waals surface area contributed by atoms with Gasteiger partial charge in [-0.1, -0.05) is 47.2 Å². The fourth-order valence-corrected chi connectivity index (χ4v) is 6.07. The van der Waals surface area contributed by atoms with E-state index in [4.69, 9.17) is 4.98 Å². The number of carbonyl (C=O) groups is 2. The number of benzene rings is 3. The summed E-state index contributed by atoms with van der Waals surface area (Å²) in [6, 6.07) is 16.7. The first-order valence-corrected chi connectivity index (χ1v) is 12.9. The zero-order valence-corrected chi connectivity index (χ0v) is 22.6. The van der Waals surface area contributed by atoms with Crippen LogP contribution in [0.25, 0.3) is 16.0 Å². The van der Waals surface area contributed by atoms with Gasteiger partial charge in [0.15, 0.2) is 5.13 Å². The number of amides is 1. The van der Waals surface area contributed by atoms with Gasteiger partial charge in [0, 0.05) is 25.3 Å². The van der Waals surface area contributed by atoms with Crippen molar-refractivity contribution in [3.8, 4) is 0 Å². The highest BCUT2D eigenvalue weighted by Crippen LogP contribution is 2.45. The largest absolute Gasteiger partial charge is 0.507 e. The van der Waals surface area contributed by atoms with Crippen molar-refractivity contribution < 1.29 is 14.7 Å². The minimum Gasteiger partial charge on any atom is -0.507 e. The molecule has 0 radical (unpaired) electrons. The van der Waals surface area contributed by atoms with Crippen molar-refractivity contribution in [1.82, 2.24) is 4.98 Å². The maximum atomic E-state index is 13.6. The lowest BCUT2D eigenvalue weighted by Crippen LogP contribution is -2.29. The van der Waals surface area contributed by atoms with E-state index in [0.29, 0.717) is 10.7 Å². The smallest absolute Gasteiger partial charge is 0.301 e. The first-order chi connectivity index (χ1) is 17.6. The predicted octanol–water partition coefficient (Wildman–Crippen LogP) is 6.22. The van der Waals surface area contributed by atoms with Crippen molar-refractivity contribution in [1.29, 1.82) is 0 Å². The Bertz CT molecular complexity index is 1600. The zero-order chi connectivity index (χ0) is 26.6. The summed E-state index contributed by atoms with van der Waals surface area (Å²) in [5.41, 5.74) is 7.03. The highest BCUT2D eigenvalue weighted by Gasteiger charge is 2.48. The maximum Gasteiger partial charge on any atom is 0.301 e. The van der Waals surface area contributed by atoms with Crippen molar-refractivity contribution in [3.63, 3.8) is 0 Å². The molecule has 1 N–H and O–H groups in total. The standard InChI is InChI=1S/C30H29N3O3S/c1-16-7-8-18(3)22(14-16)27(34)24-26(20-9-11-21(12-10-20)32(5)6)33(29(36)28(24)35)30-31-25-19(4)13-17(2)15-23(25)37-30/h7-15,26,34H,1-6H3. The van der Waals surface area contributed by atoms with Gasteiger partial charge in [0.1, 0.15) is 5.76 Å². The molecule has 1 amide bonds. The van der Waals surface area contributed by atoms with Gasteiger partial charge in [0.2, 0.25) is 0 Å². The van der Waals surface area contributed by atoms with Crippen LogP contribution in [0.1, 0.15) is 39.4 Å². The number of thiazole rings is 1. The SMILES string of the molecule is Cc1ccc(C)c(C(O)=C2C(=O)C(=O)N(c3nc4c(C)cc(C)cc4s3)C2c2ccc(N(C)C)cc2)c1. The van der Waals surface area contributed by atoms with Gasteiger partial charge in [-0.25, -0.2) is 4.98 Å².